The average molecular weight is 534 g/mol. The zero-order valence-electron chi connectivity index (χ0n) is 22.6. The number of aryl methyl sites for hydroxylation is 3. The van der Waals surface area contributed by atoms with Gasteiger partial charge in [-0.1, -0.05) is 71.4 Å². The number of thioether (sulfide) groups is 1. The predicted octanol–water partition coefficient (Wildman–Crippen LogP) is 5.08. The number of nitrogens with one attached hydrogen (secondary N) is 1. The lowest BCUT2D eigenvalue weighted by Gasteiger charge is -2.15. The highest BCUT2D eigenvalue weighted by molar-refractivity contribution is 7.98. The second-order valence-corrected chi connectivity index (χ2v) is 11.1. The normalized spacial score (nSPS) is 13.3. The van der Waals surface area contributed by atoms with Crippen molar-refractivity contribution in [3.8, 4) is 0 Å². The van der Waals surface area contributed by atoms with Gasteiger partial charge in [0, 0.05) is 44.6 Å². The molecule has 1 aliphatic heterocycles. The van der Waals surface area contributed by atoms with Crippen LogP contribution in [0.4, 0.5) is 0 Å². The van der Waals surface area contributed by atoms with Crippen LogP contribution < -0.4 is 5.32 Å². The number of carbonyl (C=O) groups excluding carboxylic acids is 2. The molecular weight excluding hydrogens is 494 g/mol. The fraction of sp³-hybridized carbons (Fsp3) is 0.467. The van der Waals surface area contributed by atoms with E-state index >= 15 is 0 Å². The summed E-state index contributed by atoms with van der Waals surface area (Å²) in [7, 11) is 0. The molecule has 1 N–H and O–H groups in total. The van der Waals surface area contributed by atoms with E-state index in [4.69, 9.17) is 0 Å². The summed E-state index contributed by atoms with van der Waals surface area (Å²) in [4.78, 5) is 25.8. The first-order valence-corrected chi connectivity index (χ1v) is 14.7. The van der Waals surface area contributed by atoms with Gasteiger partial charge < -0.3 is 14.8 Å². The molecule has 1 saturated heterocycles. The van der Waals surface area contributed by atoms with Crippen molar-refractivity contribution in [3.05, 3.63) is 76.6 Å². The highest BCUT2D eigenvalue weighted by atomic mass is 32.2. The molecule has 1 aliphatic rings. The molecule has 0 unspecified atom stereocenters. The first-order chi connectivity index (χ1) is 18.5. The Balaban J connectivity index is 1.26. The monoisotopic (exact) mass is 533 g/mol. The maximum atomic E-state index is 12.3. The van der Waals surface area contributed by atoms with E-state index < -0.39 is 0 Å². The Hall–Kier alpha value is -3.13. The van der Waals surface area contributed by atoms with Gasteiger partial charge in [0.15, 0.2) is 5.16 Å². The van der Waals surface area contributed by atoms with E-state index in [1.807, 2.05) is 11.0 Å². The Bertz CT molecular complexity index is 1190. The van der Waals surface area contributed by atoms with E-state index in [1.165, 1.54) is 22.3 Å². The highest BCUT2D eigenvalue weighted by Gasteiger charge is 2.19. The van der Waals surface area contributed by atoms with Crippen LogP contribution in [0.25, 0.3) is 0 Å². The first kappa shape index (κ1) is 27.9. The van der Waals surface area contributed by atoms with Gasteiger partial charge in [0.1, 0.15) is 5.82 Å². The molecule has 1 aromatic heterocycles. The van der Waals surface area contributed by atoms with Crippen LogP contribution in [-0.2, 0) is 28.3 Å². The standard InChI is InChI=1S/C30H39N5O2S/c1-23-18-24(2)20-26(19-23)22-38-30-33-32-27(35(30)21-25-10-4-3-5-11-25)12-6-7-13-28(36)31-15-9-17-34-16-8-14-29(34)37/h3-5,10-11,18-20H,6-9,12-17,21-22H2,1-2H3,(H,31,36). The van der Waals surface area contributed by atoms with Gasteiger partial charge in [-0.2, -0.15) is 0 Å². The van der Waals surface area contributed by atoms with Crippen LogP contribution in [-0.4, -0.2) is 51.1 Å². The van der Waals surface area contributed by atoms with Gasteiger partial charge in [0.25, 0.3) is 0 Å². The second-order valence-electron chi connectivity index (χ2n) is 10.2. The number of carbonyl (C=O) groups is 2. The van der Waals surface area contributed by atoms with Crippen molar-refractivity contribution in [2.75, 3.05) is 19.6 Å². The summed E-state index contributed by atoms with van der Waals surface area (Å²) >= 11 is 1.72. The van der Waals surface area contributed by atoms with Gasteiger partial charge in [-0.25, -0.2) is 0 Å². The number of unbranched alkanes of at least 4 members (excludes halogenated alkanes) is 1. The molecule has 7 nitrogen and oxygen atoms in total. The van der Waals surface area contributed by atoms with E-state index in [0.717, 1.165) is 68.5 Å². The number of likely N-dealkylation sites (tertiary alicyclic amines) is 1. The lowest BCUT2D eigenvalue weighted by molar-refractivity contribution is -0.127. The zero-order valence-corrected chi connectivity index (χ0v) is 23.4. The summed E-state index contributed by atoms with van der Waals surface area (Å²) in [5.74, 6) is 2.13. The fourth-order valence-electron chi connectivity index (χ4n) is 4.93. The molecule has 2 aromatic carbocycles. The number of aromatic nitrogens is 3. The molecule has 4 rings (SSSR count). The van der Waals surface area contributed by atoms with Crippen LogP contribution in [0.2, 0.25) is 0 Å². The molecule has 8 heteroatoms. The summed E-state index contributed by atoms with van der Waals surface area (Å²) < 4.78 is 2.22. The minimum absolute atomic E-state index is 0.0770. The molecule has 0 spiro atoms. The smallest absolute Gasteiger partial charge is 0.222 e. The third-order valence-electron chi connectivity index (χ3n) is 6.78. The largest absolute Gasteiger partial charge is 0.356 e. The molecule has 1 fully saturated rings. The van der Waals surface area contributed by atoms with E-state index in [-0.39, 0.29) is 11.8 Å². The number of hydrogen-bond acceptors (Lipinski definition) is 5. The molecule has 0 saturated carbocycles. The highest BCUT2D eigenvalue weighted by Crippen LogP contribution is 2.25. The lowest BCUT2D eigenvalue weighted by Crippen LogP contribution is -2.30. The van der Waals surface area contributed by atoms with E-state index in [9.17, 15) is 9.59 Å². The van der Waals surface area contributed by atoms with Gasteiger partial charge in [-0.05, 0) is 50.7 Å². The first-order valence-electron chi connectivity index (χ1n) is 13.7. The Morgan fingerprint density at radius 1 is 1.00 bits per heavy atom. The molecule has 3 aromatic rings. The number of hydrogen-bond donors (Lipinski definition) is 1. The Morgan fingerprint density at radius 2 is 1.79 bits per heavy atom. The third kappa shape index (κ3) is 8.45. The van der Waals surface area contributed by atoms with Crippen LogP contribution >= 0.6 is 11.8 Å². The molecule has 2 heterocycles. The molecule has 2 amide bonds. The van der Waals surface area contributed by atoms with E-state index in [2.05, 4.69) is 76.4 Å². The summed E-state index contributed by atoms with van der Waals surface area (Å²) in [5.41, 5.74) is 5.06. The Morgan fingerprint density at radius 3 is 2.53 bits per heavy atom. The predicted molar refractivity (Wildman–Crippen MR) is 152 cm³/mol. The summed E-state index contributed by atoms with van der Waals surface area (Å²) in [6, 6.07) is 17.1. The van der Waals surface area contributed by atoms with Gasteiger partial charge in [-0.3, -0.25) is 9.59 Å². The third-order valence-corrected chi connectivity index (χ3v) is 7.82. The van der Waals surface area contributed by atoms with Crippen molar-refractivity contribution in [1.29, 1.82) is 0 Å². The number of rotatable bonds is 14. The fourth-order valence-corrected chi connectivity index (χ4v) is 5.82. The maximum absolute atomic E-state index is 12.3. The number of nitrogens with zero attached hydrogens (tertiary/aromatic N) is 4. The Kier molecular flexibility index (Phi) is 10.4. The van der Waals surface area contributed by atoms with Crippen LogP contribution in [0.3, 0.4) is 0 Å². The van der Waals surface area contributed by atoms with Crippen molar-refractivity contribution >= 4 is 23.6 Å². The molecule has 38 heavy (non-hydrogen) atoms. The molecule has 0 atom stereocenters. The number of benzene rings is 2. The van der Waals surface area contributed by atoms with Crippen molar-refractivity contribution in [2.24, 2.45) is 0 Å². The van der Waals surface area contributed by atoms with Crippen molar-refractivity contribution in [1.82, 2.24) is 25.0 Å². The summed E-state index contributed by atoms with van der Waals surface area (Å²) in [6.45, 7) is 7.21. The molecule has 202 valence electrons. The SMILES string of the molecule is Cc1cc(C)cc(CSc2nnc(CCCCC(=O)NCCCN3CCCC3=O)n2Cc2ccccc2)c1. The van der Waals surface area contributed by atoms with E-state index in [0.29, 0.717) is 19.4 Å². The van der Waals surface area contributed by atoms with Gasteiger partial charge >= 0.3 is 0 Å². The topological polar surface area (TPSA) is 80.1 Å². The quantitative estimate of drug-likeness (QED) is 0.231. The van der Waals surface area contributed by atoms with E-state index in [1.54, 1.807) is 11.8 Å². The molecule has 0 radical (unpaired) electrons. The van der Waals surface area contributed by atoms with Crippen molar-refractivity contribution in [3.63, 3.8) is 0 Å². The summed E-state index contributed by atoms with van der Waals surface area (Å²) in [5, 5.41) is 13.0. The van der Waals surface area contributed by atoms with Crippen LogP contribution in [0.1, 0.15) is 66.6 Å². The van der Waals surface area contributed by atoms with Gasteiger partial charge in [0.2, 0.25) is 11.8 Å². The molecule has 0 bridgehead atoms. The maximum Gasteiger partial charge on any atom is 0.222 e. The van der Waals surface area contributed by atoms with Crippen molar-refractivity contribution in [2.45, 2.75) is 76.2 Å². The minimum atomic E-state index is 0.0770. The van der Waals surface area contributed by atoms with Crippen molar-refractivity contribution < 1.29 is 9.59 Å². The van der Waals surface area contributed by atoms with Gasteiger partial charge in [-0.15, -0.1) is 10.2 Å². The Labute approximate surface area is 230 Å². The summed E-state index contributed by atoms with van der Waals surface area (Å²) in [6.07, 6.45) is 5.40. The minimum Gasteiger partial charge on any atom is -0.356 e. The second kappa shape index (κ2) is 14.1. The van der Waals surface area contributed by atoms with Gasteiger partial charge in [0.05, 0.1) is 6.54 Å². The zero-order chi connectivity index (χ0) is 26.7. The lowest BCUT2D eigenvalue weighted by atomic mass is 10.1. The molecule has 0 aliphatic carbocycles. The van der Waals surface area contributed by atoms with Crippen LogP contribution in [0, 0.1) is 13.8 Å². The van der Waals surface area contributed by atoms with Crippen LogP contribution in [0.5, 0.6) is 0 Å². The number of amides is 2. The molecular formula is C30H39N5O2S. The average Bonchev–Trinajstić information content (AvgIpc) is 3.48. The van der Waals surface area contributed by atoms with Crippen LogP contribution in [0.15, 0.2) is 53.7 Å².